The van der Waals surface area contributed by atoms with Gasteiger partial charge in [-0.15, -0.1) is 0 Å². The third-order valence-electron chi connectivity index (χ3n) is 4.74. The van der Waals surface area contributed by atoms with Crippen molar-refractivity contribution in [3.8, 4) is 17.0 Å². The summed E-state index contributed by atoms with van der Waals surface area (Å²) in [6, 6.07) is 14.0. The van der Waals surface area contributed by atoms with Crippen LogP contribution in [0.25, 0.3) is 11.3 Å². The molecule has 1 aromatic heterocycles. The first-order valence-corrected chi connectivity index (χ1v) is 8.64. The molecule has 0 bridgehead atoms. The van der Waals surface area contributed by atoms with Crippen LogP contribution in [0.5, 0.6) is 5.75 Å². The van der Waals surface area contributed by atoms with E-state index in [0.717, 1.165) is 39.4 Å². The van der Waals surface area contributed by atoms with Crippen molar-refractivity contribution < 1.29 is 9.53 Å². The highest BCUT2D eigenvalue weighted by Gasteiger charge is 2.24. The van der Waals surface area contributed by atoms with Gasteiger partial charge in [-0.3, -0.25) is 9.48 Å². The lowest BCUT2D eigenvalue weighted by Crippen LogP contribution is -2.30. The van der Waals surface area contributed by atoms with Gasteiger partial charge in [0.25, 0.3) is 0 Å². The molecule has 26 heavy (non-hydrogen) atoms. The lowest BCUT2D eigenvalue weighted by atomic mass is 10.0. The molecule has 0 spiro atoms. The summed E-state index contributed by atoms with van der Waals surface area (Å²) in [5.41, 5.74) is 6.14. The molecule has 1 aliphatic rings. The highest BCUT2D eigenvalue weighted by atomic mass is 16.5. The average Bonchev–Trinajstić information content (AvgIpc) is 3.04. The first-order chi connectivity index (χ1) is 12.5. The monoisotopic (exact) mass is 347 g/mol. The Morgan fingerprint density at radius 1 is 1.19 bits per heavy atom. The largest absolute Gasteiger partial charge is 0.488 e. The third kappa shape index (κ3) is 2.86. The summed E-state index contributed by atoms with van der Waals surface area (Å²) in [7, 11) is 1.80. The summed E-state index contributed by atoms with van der Waals surface area (Å²) in [4.78, 5) is 14.5. The Labute approximate surface area is 152 Å². The van der Waals surface area contributed by atoms with E-state index < -0.39 is 0 Å². The van der Waals surface area contributed by atoms with Gasteiger partial charge in [-0.05, 0) is 43.7 Å². The molecule has 2 aromatic carbocycles. The van der Waals surface area contributed by atoms with Crippen LogP contribution in [0.3, 0.4) is 0 Å². The molecule has 0 radical (unpaired) electrons. The van der Waals surface area contributed by atoms with Gasteiger partial charge in [-0.25, -0.2) is 0 Å². The van der Waals surface area contributed by atoms with Crippen LogP contribution >= 0.6 is 0 Å². The molecule has 0 saturated carbocycles. The maximum Gasteiger partial charge on any atom is 0.248 e. The Balaban J connectivity index is 1.65. The van der Waals surface area contributed by atoms with Crippen LogP contribution < -0.4 is 9.64 Å². The van der Waals surface area contributed by atoms with Gasteiger partial charge in [0.05, 0.1) is 11.9 Å². The highest BCUT2D eigenvalue weighted by molar-refractivity contribution is 5.93. The molecule has 132 valence electrons. The summed E-state index contributed by atoms with van der Waals surface area (Å²) >= 11 is 0. The molecule has 1 amide bonds. The number of carbonyl (C=O) groups excluding carboxylic acids is 1. The second-order valence-electron chi connectivity index (χ2n) is 6.76. The van der Waals surface area contributed by atoms with E-state index in [1.54, 1.807) is 22.8 Å². The van der Waals surface area contributed by atoms with Crippen LogP contribution in [0.15, 0.2) is 48.7 Å². The smallest absolute Gasteiger partial charge is 0.248 e. The summed E-state index contributed by atoms with van der Waals surface area (Å²) in [6.07, 6.45) is 1.79. The molecule has 0 saturated heterocycles. The van der Waals surface area contributed by atoms with Crippen molar-refractivity contribution in [2.75, 3.05) is 11.9 Å². The number of likely N-dealkylation sites (N-methyl/N-ethyl adjacent to an activating group) is 1. The number of fused-ring (bicyclic) bond motifs is 3. The van der Waals surface area contributed by atoms with Crippen molar-refractivity contribution in [3.05, 3.63) is 65.4 Å². The fourth-order valence-electron chi connectivity index (χ4n) is 3.29. The number of amides is 1. The predicted octanol–water partition coefficient (Wildman–Crippen LogP) is 3.72. The molecule has 3 aromatic rings. The summed E-state index contributed by atoms with van der Waals surface area (Å²) in [6.45, 7) is 4.73. The third-order valence-corrected chi connectivity index (χ3v) is 4.74. The Bertz CT molecular complexity index is 991. The molecule has 5 heteroatoms. The van der Waals surface area contributed by atoms with Crippen molar-refractivity contribution in [1.29, 1.82) is 0 Å². The van der Waals surface area contributed by atoms with Gasteiger partial charge in [0, 0.05) is 23.9 Å². The quantitative estimate of drug-likeness (QED) is 0.725. The molecule has 4 rings (SSSR count). The van der Waals surface area contributed by atoms with Gasteiger partial charge in [-0.2, -0.15) is 5.10 Å². The van der Waals surface area contributed by atoms with Crippen molar-refractivity contribution in [3.63, 3.8) is 0 Å². The average molecular weight is 347 g/mol. The molecule has 1 aliphatic heterocycles. The molecule has 0 aliphatic carbocycles. The van der Waals surface area contributed by atoms with E-state index in [4.69, 9.17) is 4.74 Å². The second kappa shape index (κ2) is 6.33. The van der Waals surface area contributed by atoms with Crippen molar-refractivity contribution in [1.82, 2.24) is 9.78 Å². The van der Waals surface area contributed by atoms with Crippen molar-refractivity contribution >= 4 is 11.6 Å². The van der Waals surface area contributed by atoms with Gasteiger partial charge in [0.2, 0.25) is 5.91 Å². The van der Waals surface area contributed by atoms with Crippen LogP contribution in [-0.2, 0) is 17.9 Å². The van der Waals surface area contributed by atoms with E-state index in [-0.39, 0.29) is 12.5 Å². The fraction of sp³-hybridized carbons (Fsp3) is 0.238. The van der Waals surface area contributed by atoms with E-state index in [1.165, 1.54) is 0 Å². The fourth-order valence-corrected chi connectivity index (χ4v) is 3.29. The number of carbonyl (C=O) groups is 1. The molecule has 5 nitrogen and oxygen atoms in total. The van der Waals surface area contributed by atoms with Crippen LogP contribution in [0, 0.1) is 13.8 Å². The van der Waals surface area contributed by atoms with Crippen LogP contribution in [0.2, 0.25) is 0 Å². The second-order valence-corrected chi connectivity index (χ2v) is 6.76. The number of rotatable bonds is 3. The Morgan fingerprint density at radius 3 is 2.81 bits per heavy atom. The zero-order chi connectivity index (χ0) is 18.3. The maximum atomic E-state index is 12.8. The van der Waals surface area contributed by atoms with E-state index in [2.05, 4.69) is 11.2 Å². The first kappa shape index (κ1) is 16.4. The summed E-state index contributed by atoms with van der Waals surface area (Å²) in [5, 5.41) is 4.45. The normalized spacial score (nSPS) is 12.1. The molecule has 0 N–H and O–H groups in total. The highest BCUT2D eigenvalue weighted by Crippen LogP contribution is 2.38. The molecule has 0 atom stereocenters. The van der Waals surface area contributed by atoms with Crippen LogP contribution in [0.4, 0.5) is 5.69 Å². The number of benzene rings is 2. The molecule has 0 unspecified atom stereocenters. The number of nitrogens with zero attached hydrogens (tertiary/aromatic N) is 3. The number of aromatic nitrogens is 2. The van der Waals surface area contributed by atoms with Crippen LogP contribution in [0.1, 0.15) is 16.7 Å². The zero-order valence-corrected chi connectivity index (χ0v) is 15.2. The number of hydrogen-bond donors (Lipinski definition) is 0. The van der Waals surface area contributed by atoms with Gasteiger partial charge < -0.3 is 9.64 Å². The first-order valence-electron chi connectivity index (χ1n) is 8.64. The minimum absolute atomic E-state index is 0.0119. The number of aryl methyl sites for hydroxylation is 2. The van der Waals surface area contributed by atoms with Gasteiger partial charge >= 0.3 is 0 Å². The number of hydrogen-bond acceptors (Lipinski definition) is 3. The van der Waals surface area contributed by atoms with Crippen molar-refractivity contribution in [2.45, 2.75) is 27.0 Å². The van der Waals surface area contributed by atoms with Crippen molar-refractivity contribution in [2.24, 2.45) is 0 Å². The number of anilines is 1. The van der Waals surface area contributed by atoms with E-state index in [9.17, 15) is 4.79 Å². The minimum atomic E-state index is -0.0119. The standard InChI is InChI=1S/C21H21N3O2/c1-14-5-4-6-17(9-14)23(3)20(25)12-24-21-16(11-22-24)13-26-19-8-7-15(2)10-18(19)21/h4-11H,12-13H2,1-3H3. The van der Waals surface area contributed by atoms with E-state index in [1.807, 2.05) is 50.2 Å². The predicted molar refractivity (Wildman–Crippen MR) is 101 cm³/mol. The Hall–Kier alpha value is -3.08. The molecule has 0 fully saturated rings. The lowest BCUT2D eigenvalue weighted by Gasteiger charge is -2.21. The van der Waals surface area contributed by atoms with Crippen LogP contribution in [-0.4, -0.2) is 22.7 Å². The Morgan fingerprint density at radius 2 is 2.00 bits per heavy atom. The van der Waals surface area contributed by atoms with Gasteiger partial charge in [0.15, 0.2) is 0 Å². The van der Waals surface area contributed by atoms with E-state index >= 15 is 0 Å². The molecular formula is C21H21N3O2. The summed E-state index contributed by atoms with van der Waals surface area (Å²) in [5.74, 6) is 0.825. The SMILES string of the molecule is Cc1cccc(N(C)C(=O)Cn2ncc3c2-c2cc(C)ccc2OC3)c1. The van der Waals surface area contributed by atoms with E-state index in [0.29, 0.717) is 6.61 Å². The number of ether oxygens (including phenoxy) is 1. The topological polar surface area (TPSA) is 47.4 Å². The van der Waals surface area contributed by atoms with Gasteiger partial charge in [-0.1, -0.05) is 23.8 Å². The lowest BCUT2D eigenvalue weighted by molar-refractivity contribution is -0.119. The molecular weight excluding hydrogens is 326 g/mol. The molecule has 2 heterocycles. The van der Waals surface area contributed by atoms with Gasteiger partial charge in [0.1, 0.15) is 18.9 Å². The Kier molecular flexibility index (Phi) is 3.99. The zero-order valence-electron chi connectivity index (χ0n) is 15.2. The minimum Gasteiger partial charge on any atom is -0.488 e. The summed E-state index contributed by atoms with van der Waals surface area (Å²) < 4.78 is 7.59. The maximum absolute atomic E-state index is 12.8.